The highest BCUT2D eigenvalue weighted by Gasteiger charge is 2.33. The average molecular weight is 184 g/mol. The molecule has 78 valence electrons. The maximum atomic E-state index is 5.84. The van der Waals surface area contributed by atoms with Crippen LogP contribution < -0.4 is 5.73 Å². The Morgan fingerprint density at radius 3 is 2.54 bits per heavy atom. The molecule has 13 heavy (non-hydrogen) atoms. The van der Waals surface area contributed by atoms with Crippen LogP contribution in [0.3, 0.4) is 0 Å². The Hall–Kier alpha value is -0.0800. The Labute approximate surface area is 82.5 Å². The van der Waals surface area contributed by atoms with Gasteiger partial charge in [0.2, 0.25) is 0 Å². The Morgan fingerprint density at radius 1 is 1.46 bits per heavy atom. The van der Waals surface area contributed by atoms with E-state index in [9.17, 15) is 0 Å². The van der Waals surface area contributed by atoms with Gasteiger partial charge in [0.1, 0.15) is 0 Å². The van der Waals surface area contributed by atoms with Crippen molar-refractivity contribution in [1.82, 2.24) is 4.90 Å². The second-order valence-electron chi connectivity index (χ2n) is 4.56. The number of hydrogen-bond acceptors (Lipinski definition) is 2. The van der Waals surface area contributed by atoms with Crippen molar-refractivity contribution in [3.63, 3.8) is 0 Å². The highest BCUT2D eigenvalue weighted by molar-refractivity contribution is 4.90. The van der Waals surface area contributed by atoms with Gasteiger partial charge in [0.15, 0.2) is 0 Å². The van der Waals surface area contributed by atoms with Crippen LogP contribution in [0.5, 0.6) is 0 Å². The van der Waals surface area contributed by atoms with Crippen LogP contribution in [-0.2, 0) is 0 Å². The first-order valence-electron chi connectivity index (χ1n) is 5.61. The first-order chi connectivity index (χ1) is 6.16. The molecule has 0 saturated carbocycles. The number of likely N-dealkylation sites (tertiary alicyclic amines) is 1. The van der Waals surface area contributed by atoms with Gasteiger partial charge in [0.25, 0.3) is 0 Å². The van der Waals surface area contributed by atoms with Crippen LogP contribution in [0, 0.1) is 5.92 Å². The molecule has 0 aromatic heterocycles. The molecule has 2 atom stereocenters. The van der Waals surface area contributed by atoms with Gasteiger partial charge in [-0.2, -0.15) is 0 Å². The van der Waals surface area contributed by atoms with Gasteiger partial charge in [-0.15, -0.1) is 0 Å². The van der Waals surface area contributed by atoms with Crippen molar-refractivity contribution in [2.24, 2.45) is 11.7 Å². The number of nitrogens with two attached hydrogens (primary N) is 1. The lowest BCUT2D eigenvalue weighted by atomic mass is 9.97. The van der Waals surface area contributed by atoms with E-state index in [4.69, 9.17) is 5.73 Å². The van der Waals surface area contributed by atoms with Gasteiger partial charge in [-0.3, -0.25) is 4.90 Å². The summed E-state index contributed by atoms with van der Waals surface area (Å²) in [5.74, 6) is 0.914. The zero-order valence-electron chi connectivity index (χ0n) is 9.34. The molecule has 2 heteroatoms. The lowest BCUT2D eigenvalue weighted by Gasteiger charge is -2.37. The third-order valence-corrected chi connectivity index (χ3v) is 3.83. The molecule has 1 fully saturated rings. The molecule has 0 bridgehead atoms. The normalized spacial score (nSPS) is 29.1. The minimum absolute atomic E-state index is 0.254. The fraction of sp³-hybridized carbons (Fsp3) is 1.00. The van der Waals surface area contributed by atoms with E-state index in [1.807, 2.05) is 0 Å². The molecule has 0 radical (unpaired) electrons. The van der Waals surface area contributed by atoms with E-state index >= 15 is 0 Å². The average Bonchev–Trinajstić information content (AvgIpc) is 2.65. The van der Waals surface area contributed by atoms with E-state index in [0.29, 0.717) is 0 Å². The third-order valence-electron chi connectivity index (χ3n) is 3.83. The van der Waals surface area contributed by atoms with Gasteiger partial charge >= 0.3 is 0 Å². The molecule has 2 unspecified atom stereocenters. The highest BCUT2D eigenvalue weighted by atomic mass is 15.2. The smallest absolute Gasteiger partial charge is 0.0301 e. The van der Waals surface area contributed by atoms with Crippen LogP contribution in [0.2, 0.25) is 0 Å². The van der Waals surface area contributed by atoms with E-state index in [1.54, 1.807) is 0 Å². The third kappa shape index (κ3) is 2.23. The van der Waals surface area contributed by atoms with Crippen molar-refractivity contribution in [1.29, 1.82) is 0 Å². The lowest BCUT2D eigenvalue weighted by molar-refractivity contribution is 0.132. The quantitative estimate of drug-likeness (QED) is 0.722. The Balaban J connectivity index is 2.53. The van der Waals surface area contributed by atoms with Crippen molar-refractivity contribution in [3.05, 3.63) is 0 Å². The first-order valence-corrected chi connectivity index (χ1v) is 5.61. The summed E-state index contributed by atoms with van der Waals surface area (Å²) in [6, 6.07) is 0. The van der Waals surface area contributed by atoms with Crippen molar-refractivity contribution < 1.29 is 0 Å². The van der Waals surface area contributed by atoms with Crippen molar-refractivity contribution in [3.8, 4) is 0 Å². The molecule has 2 nitrogen and oxygen atoms in total. The second-order valence-corrected chi connectivity index (χ2v) is 4.56. The molecule has 0 amide bonds. The zero-order chi connectivity index (χ0) is 9.90. The Bertz CT molecular complexity index is 152. The molecule has 0 aromatic rings. The Morgan fingerprint density at radius 2 is 2.15 bits per heavy atom. The SMILES string of the molecule is CCC1CCN(C(C)(CC)CN)C1. The van der Waals surface area contributed by atoms with Crippen molar-refractivity contribution in [2.75, 3.05) is 19.6 Å². The molecule has 0 spiro atoms. The van der Waals surface area contributed by atoms with Crippen LogP contribution in [0.1, 0.15) is 40.0 Å². The van der Waals surface area contributed by atoms with E-state index in [-0.39, 0.29) is 5.54 Å². The van der Waals surface area contributed by atoms with E-state index < -0.39 is 0 Å². The van der Waals surface area contributed by atoms with Crippen molar-refractivity contribution >= 4 is 0 Å². The highest BCUT2D eigenvalue weighted by Crippen LogP contribution is 2.27. The van der Waals surface area contributed by atoms with Gasteiger partial charge in [-0.05, 0) is 32.2 Å². The zero-order valence-corrected chi connectivity index (χ0v) is 9.34. The summed E-state index contributed by atoms with van der Waals surface area (Å²) < 4.78 is 0. The molecule has 1 rings (SSSR count). The minimum atomic E-state index is 0.254. The van der Waals surface area contributed by atoms with Gasteiger partial charge < -0.3 is 5.73 Å². The van der Waals surface area contributed by atoms with Gasteiger partial charge in [0, 0.05) is 18.6 Å². The van der Waals surface area contributed by atoms with Gasteiger partial charge in [0.05, 0.1) is 0 Å². The Kier molecular flexibility index (Phi) is 3.74. The molecular weight excluding hydrogens is 160 g/mol. The minimum Gasteiger partial charge on any atom is -0.329 e. The fourth-order valence-corrected chi connectivity index (χ4v) is 2.15. The maximum absolute atomic E-state index is 5.84. The predicted octanol–water partition coefficient (Wildman–Crippen LogP) is 1.85. The molecular formula is C11H24N2. The lowest BCUT2D eigenvalue weighted by Crippen LogP contribution is -2.50. The number of nitrogens with zero attached hydrogens (tertiary/aromatic N) is 1. The summed E-state index contributed by atoms with van der Waals surface area (Å²) in [6.45, 7) is 10.1. The van der Waals surface area contributed by atoms with Gasteiger partial charge in [-0.1, -0.05) is 20.3 Å². The number of rotatable bonds is 4. The maximum Gasteiger partial charge on any atom is 0.0301 e. The summed E-state index contributed by atoms with van der Waals surface area (Å²) >= 11 is 0. The molecule has 1 heterocycles. The molecule has 0 aliphatic carbocycles. The van der Waals surface area contributed by atoms with Crippen LogP contribution in [0.15, 0.2) is 0 Å². The van der Waals surface area contributed by atoms with Crippen molar-refractivity contribution in [2.45, 2.75) is 45.6 Å². The summed E-state index contributed by atoms with van der Waals surface area (Å²) in [6.07, 6.45) is 3.85. The molecule has 1 saturated heterocycles. The van der Waals surface area contributed by atoms with Crippen LogP contribution in [0.25, 0.3) is 0 Å². The van der Waals surface area contributed by atoms with Crippen LogP contribution in [0.4, 0.5) is 0 Å². The van der Waals surface area contributed by atoms with Crippen LogP contribution in [-0.4, -0.2) is 30.1 Å². The first kappa shape index (κ1) is 11.0. The molecule has 2 N–H and O–H groups in total. The second kappa shape index (κ2) is 4.43. The summed E-state index contributed by atoms with van der Waals surface area (Å²) in [5, 5.41) is 0. The van der Waals surface area contributed by atoms with E-state index in [2.05, 4.69) is 25.7 Å². The fourth-order valence-electron chi connectivity index (χ4n) is 2.15. The number of hydrogen-bond donors (Lipinski definition) is 1. The topological polar surface area (TPSA) is 29.3 Å². The van der Waals surface area contributed by atoms with Crippen LogP contribution >= 0.6 is 0 Å². The monoisotopic (exact) mass is 184 g/mol. The summed E-state index contributed by atoms with van der Waals surface area (Å²) in [5.41, 5.74) is 6.10. The largest absolute Gasteiger partial charge is 0.329 e. The van der Waals surface area contributed by atoms with E-state index in [1.165, 1.54) is 32.4 Å². The summed E-state index contributed by atoms with van der Waals surface area (Å²) in [4.78, 5) is 2.58. The molecule has 1 aliphatic rings. The summed E-state index contributed by atoms with van der Waals surface area (Å²) in [7, 11) is 0. The van der Waals surface area contributed by atoms with E-state index in [0.717, 1.165) is 12.5 Å². The standard InChI is InChI=1S/C11H24N2/c1-4-10-6-7-13(8-10)11(3,5-2)9-12/h10H,4-9,12H2,1-3H3. The van der Waals surface area contributed by atoms with Gasteiger partial charge in [-0.25, -0.2) is 0 Å². The molecule has 1 aliphatic heterocycles. The molecule has 0 aromatic carbocycles. The predicted molar refractivity (Wildman–Crippen MR) is 57.7 cm³/mol.